The molecule has 0 saturated heterocycles. The Labute approximate surface area is 130 Å². The van der Waals surface area contributed by atoms with Gasteiger partial charge < -0.3 is 0 Å². The number of benzene rings is 1. The number of alkyl halides is 2. The first-order valence-electron chi connectivity index (χ1n) is 7.55. The van der Waals surface area contributed by atoms with Gasteiger partial charge in [0.25, 0.3) is 0 Å². The molecule has 0 N–H and O–H groups in total. The molecule has 2 fully saturated rings. The summed E-state index contributed by atoms with van der Waals surface area (Å²) in [4.78, 5) is 0. The molecule has 0 nitrogen and oxygen atoms in total. The molecule has 110 valence electrons. The largest absolute Gasteiger partial charge is 0.207 e. The van der Waals surface area contributed by atoms with Gasteiger partial charge in [0.1, 0.15) is 5.82 Å². The van der Waals surface area contributed by atoms with E-state index in [1.807, 2.05) is 12.1 Å². The fraction of sp³-hybridized carbons (Fsp3) is 0.647. The van der Waals surface area contributed by atoms with Crippen molar-refractivity contribution in [3.05, 3.63) is 35.6 Å². The van der Waals surface area contributed by atoms with Crippen LogP contribution in [0.15, 0.2) is 24.3 Å². The van der Waals surface area contributed by atoms with Crippen LogP contribution < -0.4 is 0 Å². The third kappa shape index (κ3) is 2.48. The molecule has 0 aliphatic heterocycles. The molecule has 0 aromatic heterocycles. The molecule has 1 aromatic carbocycles. The first kappa shape index (κ1) is 14.7. The lowest BCUT2D eigenvalue weighted by Gasteiger charge is -2.36. The second-order valence-corrected chi connectivity index (χ2v) is 7.20. The van der Waals surface area contributed by atoms with Gasteiger partial charge in [-0.2, -0.15) is 0 Å². The molecular formula is C17H21Cl2F. The molecule has 1 aromatic rings. The van der Waals surface area contributed by atoms with Gasteiger partial charge in [-0.3, -0.25) is 0 Å². The van der Waals surface area contributed by atoms with Gasteiger partial charge in [-0.05, 0) is 55.1 Å². The van der Waals surface area contributed by atoms with E-state index in [2.05, 4.69) is 0 Å². The van der Waals surface area contributed by atoms with Crippen molar-refractivity contribution < 1.29 is 4.39 Å². The summed E-state index contributed by atoms with van der Waals surface area (Å²) < 4.78 is 14.2. The van der Waals surface area contributed by atoms with Crippen LogP contribution in [0.4, 0.5) is 4.39 Å². The van der Waals surface area contributed by atoms with E-state index in [4.69, 9.17) is 23.2 Å². The van der Waals surface area contributed by atoms with E-state index in [0.29, 0.717) is 23.2 Å². The van der Waals surface area contributed by atoms with Crippen molar-refractivity contribution >= 4 is 23.2 Å². The third-order valence-corrected chi connectivity index (χ3v) is 6.52. The number of hydrogen-bond donors (Lipinski definition) is 0. The maximum Gasteiger partial charge on any atom is 0.127 e. The Morgan fingerprint density at radius 3 is 2.40 bits per heavy atom. The summed E-state index contributed by atoms with van der Waals surface area (Å²) >= 11 is 12.5. The van der Waals surface area contributed by atoms with Crippen LogP contribution in [-0.2, 0) is 5.41 Å². The van der Waals surface area contributed by atoms with Crippen molar-refractivity contribution in [2.24, 2.45) is 17.8 Å². The third-order valence-electron chi connectivity index (χ3n) is 5.49. The zero-order valence-electron chi connectivity index (χ0n) is 11.6. The predicted molar refractivity (Wildman–Crippen MR) is 83.1 cm³/mol. The molecule has 3 atom stereocenters. The summed E-state index contributed by atoms with van der Waals surface area (Å²) in [6.07, 6.45) is 6.31. The SMILES string of the molecule is Fc1ccccc1C(CCl)(CCl)CC1CC2CCC1C2. The van der Waals surface area contributed by atoms with Gasteiger partial charge >= 0.3 is 0 Å². The average Bonchev–Trinajstić information content (AvgIpc) is 3.08. The molecule has 2 aliphatic rings. The fourth-order valence-electron chi connectivity index (χ4n) is 4.42. The molecule has 0 amide bonds. The molecule has 0 radical (unpaired) electrons. The molecule has 2 saturated carbocycles. The summed E-state index contributed by atoms with van der Waals surface area (Å²) in [5.74, 6) is 3.01. The lowest BCUT2D eigenvalue weighted by atomic mass is 9.72. The zero-order chi connectivity index (χ0) is 14.2. The van der Waals surface area contributed by atoms with Crippen molar-refractivity contribution in [2.75, 3.05) is 11.8 Å². The lowest BCUT2D eigenvalue weighted by Crippen LogP contribution is -2.35. The van der Waals surface area contributed by atoms with Crippen molar-refractivity contribution in [2.45, 2.75) is 37.5 Å². The van der Waals surface area contributed by atoms with Crippen LogP contribution in [0.2, 0.25) is 0 Å². The van der Waals surface area contributed by atoms with Gasteiger partial charge in [0.05, 0.1) is 0 Å². The highest BCUT2D eigenvalue weighted by Crippen LogP contribution is 2.52. The second kappa shape index (κ2) is 5.85. The van der Waals surface area contributed by atoms with Crippen molar-refractivity contribution in [1.29, 1.82) is 0 Å². The smallest absolute Gasteiger partial charge is 0.127 e. The molecule has 3 unspecified atom stereocenters. The Balaban J connectivity index is 1.86. The summed E-state index contributed by atoms with van der Waals surface area (Å²) in [7, 11) is 0. The minimum atomic E-state index is -0.413. The van der Waals surface area contributed by atoms with Crippen LogP contribution in [0.5, 0.6) is 0 Å². The van der Waals surface area contributed by atoms with Gasteiger partial charge in [-0.15, -0.1) is 23.2 Å². The van der Waals surface area contributed by atoms with Crippen LogP contribution in [-0.4, -0.2) is 11.8 Å². The van der Waals surface area contributed by atoms with E-state index in [1.54, 1.807) is 6.07 Å². The highest BCUT2D eigenvalue weighted by Gasteiger charge is 2.44. The zero-order valence-corrected chi connectivity index (χ0v) is 13.1. The van der Waals surface area contributed by atoms with Gasteiger partial charge in [-0.25, -0.2) is 4.39 Å². The van der Waals surface area contributed by atoms with Crippen molar-refractivity contribution in [3.63, 3.8) is 0 Å². The maximum atomic E-state index is 14.2. The van der Waals surface area contributed by atoms with E-state index < -0.39 is 5.41 Å². The molecular weight excluding hydrogens is 294 g/mol. The normalized spacial score (nSPS) is 29.1. The van der Waals surface area contributed by atoms with Crippen molar-refractivity contribution in [1.82, 2.24) is 0 Å². The minimum absolute atomic E-state index is 0.169. The highest BCUT2D eigenvalue weighted by molar-refractivity contribution is 6.22. The fourth-order valence-corrected chi connectivity index (χ4v) is 5.21. The quantitative estimate of drug-likeness (QED) is 0.641. The standard InChI is InChI=1S/C17H21Cl2F/c18-10-17(11-19,15-3-1-2-4-16(15)20)9-14-8-12-5-6-13(14)7-12/h1-4,12-14H,5-11H2. The van der Waals surface area contributed by atoms with Crippen LogP contribution in [0.3, 0.4) is 0 Å². The number of rotatable bonds is 5. The monoisotopic (exact) mass is 314 g/mol. The molecule has 0 spiro atoms. The number of fused-ring (bicyclic) bond motifs is 2. The predicted octanol–water partition coefficient (Wildman–Crippen LogP) is 5.37. The Morgan fingerprint density at radius 2 is 1.85 bits per heavy atom. The first-order chi connectivity index (χ1) is 9.68. The van der Waals surface area contributed by atoms with Gasteiger partial charge in [0.2, 0.25) is 0 Å². The van der Waals surface area contributed by atoms with Crippen LogP contribution in [0.1, 0.15) is 37.7 Å². The molecule has 2 aliphatic carbocycles. The summed E-state index contributed by atoms with van der Waals surface area (Å²) in [5, 5.41) is 0. The summed E-state index contributed by atoms with van der Waals surface area (Å²) in [6.45, 7) is 0. The Morgan fingerprint density at radius 1 is 1.10 bits per heavy atom. The van der Waals surface area contributed by atoms with E-state index >= 15 is 0 Å². The van der Waals surface area contributed by atoms with E-state index in [1.165, 1.54) is 31.7 Å². The number of hydrogen-bond acceptors (Lipinski definition) is 0. The van der Waals surface area contributed by atoms with Crippen LogP contribution >= 0.6 is 23.2 Å². The van der Waals surface area contributed by atoms with Crippen LogP contribution in [0, 0.1) is 23.6 Å². The summed E-state index contributed by atoms with van der Waals surface area (Å²) in [6, 6.07) is 6.98. The molecule has 3 rings (SSSR count). The Kier molecular flexibility index (Phi) is 4.29. The molecule has 3 heteroatoms. The first-order valence-corrected chi connectivity index (χ1v) is 8.62. The maximum absolute atomic E-state index is 14.2. The Hall–Kier alpha value is -0.270. The highest BCUT2D eigenvalue weighted by atomic mass is 35.5. The average molecular weight is 315 g/mol. The molecule has 0 heterocycles. The molecule has 2 bridgehead atoms. The van der Waals surface area contributed by atoms with Gasteiger partial charge in [-0.1, -0.05) is 24.6 Å². The molecule has 20 heavy (non-hydrogen) atoms. The number of halogens is 3. The minimum Gasteiger partial charge on any atom is -0.207 e. The second-order valence-electron chi connectivity index (χ2n) is 6.67. The summed E-state index contributed by atoms with van der Waals surface area (Å²) in [5.41, 5.74) is 0.289. The van der Waals surface area contributed by atoms with E-state index in [-0.39, 0.29) is 5.82 Å². The van der Waals surface area contributed by atoms with Gasteiger partial charge in [0.15, 0.2) is 0 Å². The van der Waals surface area contributed by atoms with E-state index in [0.717, 1.165) is 18.3 Å². The lowest BCUT2D eigenvalue weighted by molar-refractivity contribution is 0.260. The van der Waals surface area contributed by atoms with Crippen molar-refractivity contribution in [3.8, 4) is 0 Å². The Bertz CT molecular complexity index is 470. The van der Waals surface area contributed by atoms with Gasteiger partial charge in [0, 0.05) is 17.2 Å². The van der Waals surface area contributed by atoms with E-state index in [9.17, 15) is 4.39 Å². The topological polar surface area (TPSA) is 0 Å². The van der Waals surface area contributed by atoms with Crippen LogP contribution in [0.25, 0.3) is 0 Å².